The molecule has 0 aliphatic rings. The van der Waals surface area contributed by atoms with E-state index in [0.717, 1.165) is 6.21 Å². The Labute approximate surface area is 109 Å². The molecule has 2 N–H and O–H groups in total. The first kappa shape index (κ1) is 14.6. The molecule has 0 spiro atoms. The fraction of sp³-hybridized carbons (Fsp3) is 0.154. The van der Waals surface area contributed by atoms with Gasteiger partial charge in [0.25, 0.3) is 0 Å². The first-order chi connectivity index (χ1) is 9.04. The molecule has 0 heterocycles. The Hall–Kier alpha value is -2.50. The van der Waals surface area contributed by atoms with E-state index in [9.17, 15) is 14.0 Å². The molecule has 6 heteroatoms. The molecule has 0 fully saturated rings. The van der Waals surface area contributed by atoms with Crippen LogP contribution in [0.4, 0.5) is 10.1 Å². The lowest BCUT2D eigenvalue weighted by atomic mass is 10.1. The Morgan fingerprint density at radius 3 is 2.58 bits per heavy atom. The van der Waals surface area contributed by atoms with Crippen LogP contribution in [0.2, 0.25) is 0 Å². The number of hydrogen-bond donors (Lipinski definition) is 2. The van der Waals surface area contributed by atoms with E-state index in [2.05, 4.69) is 4.99 Å². The van der Waals surface area contributed by atoms with Gasteiger partial charge in [-0.1, -0.05) is 6.07 Å². The highest BCUT2D eigenvalue weighted by Crippen LogP contribution is 2.12. The molecule has 0 aromatic heterocycles. The normalized spacial score (nSPS) is 10.4. The average molecular weight is 261 g/mol. The second-order valence-electron chi connectivity index (χ2n) is 3.63. The molecule has 0 saturated carbocycles. The number of Topliss-reactive ketones (excluding diaryl/α,β-unsaturated/α-hetero) is 2. The monoisotopic (exact) mass is 261 g/mol. The van der Waals surface area contributed by atoms with Gasteiger partial charge in [0.2, 0.25) is 0 Å². The number of rotatable bonds is 7. The molecule has 0 radical (unpaired) electrons. The van der Waals surface area contributed by atoms with Crippen LogP contribution in [0.3, 0.4) is 0 Å². The molecule has 0 bridgehead atoms. The number of benzene rings is 1. The van der Waals surface area contributed by atoms with Gasteiger partial charge in [0.15, 0.2) is 11.6 Å². The molecule has 0 saturated heterocycles. The van der Waals surface area contributed by atoms with Gasteiger partial charge < -0.3 is 5.41 Å². The Balaban J connectivity index is 2.57. The molecule has 19 heavy (non-hydrogen) atoms. The van der Waals surface area contributed by atoms with Crippen LogP contribution in [-0.4, -0.2) is 29.7 Å². The van der Waals surface area contributed by atoms with Crippen LogP contribution in [0, 0.1) is 16.6 Å². The van der Waals surface area contributed by atoms with Crippen LogP contribution in [0.5, 0.6) is 0 Å². The van der Waals surface area contributed by atoms with Gasteiger partial charge in [0.1, 0.15) is 11.5 Å². The predicted molar refractivity (Wildman–Crippen MR) is 70.3 cm³/mol. The molecule has 0 aliphatic heterocycles. The van der Waals surface area contributed by atoms with Crippen molar-refractivity contribution in [2.75, 3.05) is 0 Å². The van der Waals surface area contributed by atoms with Gasteiger partial charge in [0, 0.05) is 25.3 Å². The van der Waals surface area contributed by atoms with Gasteiger partial charge in [-0.2, -0.15) is 0 Å². The lowest BCUT2D eigenvalue weighted by Gasteiger charge is -1.97. The van der Waals surface area contributed by atoms with Crippen molar-refractivity contribution >= 4 is 35.4 Å². The molecule has 0 aliphatic carbocycles. The number of aliphatic imine (C=N–C) groups is 1. The highest BCUT2D eigenvalue weighted by Gasteiger charge is 2.15. The smallest absolute Gasteiger partial charge is 0.189 e. The van der Waals surface area contributed by atoms with E-state index in [1.807, 2.05) is 0 Å². The van der Waals surface area contributed by atoms with Gasteiger partial charge in [-0.25, -0.2) is 4.39 Å². The molecule has 98 valence electrons. The van der Waals surface area contributed by atoms with Gasteiger partial charge in [-0.05, 0) is 18.2 Å². The molecule has 1 rings (SSSR count). The van der Waals surface area contributed by atoms with Crippen molar-refractivity contribution in [2.24, 2.45) is 4.99 Å². The third-order valence-corrected chi connectivity index (χ3v) is 2.17. The van der Waals surface area contributed by atoms with Crippen LogP contribution < -0.4 is 0 Å². The van der Waals surface area contributed by atoms with Crippen LogP contribution >= 0.6 is 0 Å². The van der Waals surface area contributed by atoms with E-state index in [1.165, 1.54) is 24.4 Å². The third-order valence-electron chi connectivity index (χ3n) is 2.17. The van der Waals surface area contributed by atoms with E-state index in [4.69, 9.17) is 10.8 Å². The highest BCUT2D eigenvalue weighted by atomic mass is 19.1. The molecule has 0 unspecified atom stereocenters. The number of carbonyl (C=O) groups excluding carboxylic acids is 2. The van der Waals surface area contributed by atoms with E-state index in [1.54, 1.807) is 6.07 Å². The third kappa shape index (κ3) is 4.71. The van der Waals surface area contributed by atoms with Crippen molar-refractivity contribution in [1.29, 1.82) is 10.8 Å². The summed E-state index contributed by atoms with van der Waals surface area (Å²) in [7, 11) is 0. The summed E-state index contributed by atoms with van der Waals surface area (Å²) in [5, 5.41) is 14.0. The summed E-state index contributed by atoms with van der Waals surface area (Å²) in [5.41, 5.74) is -0.292. The van der Waals surface area contributed by atoms with Crippen molar-refractivity contribution in [1.82, 2.24) is 0 Å². The van der Waals surface area contributed by atoms with Crippen LogP contribution in [0.15, 0.2) is 29.3 Å². The summed E-state index contributed by atoms with van der Waals surface area (Å²) >= 11 is 0. The van der Waals surface area contributed by atoms with Crippen molar-refractivity contribution in [3.63, 3.8) is 0 Å². The molecule has 5 nitrogen and oxygen atoms in total. The first-order valence-electron chi connectivity index (χ1n) is 5.46. The summed E-state index contributed by atoms with van der Waals surface area (Å²) in [5.74, 6) is -1.80. The number of carbonyl (C=O) groups is 2. The van der Waals surface area contributed by atoms with E-state index in [-0.39, 0.29) is 12.8 Å². The van der Waals surface area contributed by atoms with Crippen LogP contribution in [-0.2, 0) is 9.59 Å². The number of nitrogens with zero attached hydrogens (tertiary/aromatic N) is 1. The van der Waals surface area contributed by atoms with Crippen molar-refractivity contribution < 1.29 is 14.0 Å². The lowest BCUT2D eigenvalue weighted by molar-refractivity contribution is -0.115. The van der Waals surface area contributed by atoms with Gasteiger partial charge in [-0.3, -0.25) is 20.0 Å². The highest BCUT2D eigenvalue weighted by molar-refractivity contribution is 6.66. The van der Waals surface area contributed by atoms with Crippen LogP contribution in [0.1, 0.15) is 12.8 Å². The number of ketones is 2. The van der Waals surface area contributed by atoms with Crippen molar-refractivity contribution in [3.8, 4) is 0 Å². The van der Waals surface area contributed by atoms with E-state index in [0.29, 0.717) is 5.69 Å². The quantitative estimate of drug-likeness (QED) is 0.581. The second kappa shape index (κ2) is 7.05. The number of nitrogens with one attached hydrogen (secondary N) is 2. The molecule has 1 aromatic rings. The van der Waals surface area contributed by atoms with Crippen LogP contribution in [0.25, 0.3) is 0 Å². The van der Waals surface area contributed by atoms with Gasteiger partial charge in [0.05, 0.1) is 5.69 Å². The summed E-state index contributed by atoms with van der Waals surface area (Å²) in [4.78, 5) is 26.5. The lowest BCUT2D eigenvalue weighted by Crippen LogP contribution is -2.23. The topological polar surface area (TPSA) is 94.2 Å². The standard InChI is InChI=1S/C13H12FN3O2/c14-9-2-1-3-10(8-9)17-7-5-12(19)13(16)11(18)4-6-15/h1-3,6-8,15-16H,4-5H2. The van der Waals surface area contributed by atoms with Gasteiger partial charge in [-0.15, -0.1) is 0 Å². The largest absolute Gasteiger partial charge is 0.313 e. The fourth-order valence-electron chi connectivity index (χ4n) is 1.24. The molecule has 0 atom stereocenters. The Morgan fingerprint density at radius 1 is 1.26 bits per heavy atom. The molecule has 0 amide bonds. The molecule has 1 aromatic carbocycles. The molecular weight excluding hydrogens is 249 g/mol. The zero-order valence-electron chi connectivity index (χ0n) is 10.0. The number of hydrogen-bond acceptors (Lipinski definition) is 5. The maximum atomic E-state index is 12.8. The van der Waals surface area contributed by atoms with Crippen molar-refractivity contribution in [2.45, 2.75) is 12.8 Å². The summed E-state index contributed by atoms with van der Waals surface area (Å²) < 4.78 is 12.8. The minimum Gasteiger partial charge on any atom is -0.313 e. The SMILES string of the molecule is N=CCC(=O)C(=N)C(=O)CC=Nc1cccc(F)c1. The Kier molecular flexibility index (Phi) is 5.40. The molecular formula is C13H12FN3O2. The van der Waals surface area contributed by atoms with E-state index < -0.39 is 23.1 Å². The maximum absolute atomic E-state index is 12.8. The van der Waals surface area contributed by atoms with Gasteiger partial charge >= 0.3 is 0 Å². The maximum Gasteiger partial charge on any atom is 0.189 e. The van der Waals surface area contributed by atoms with E-state index >= 15 is 0 Å². The average Bonchev–Trinajstić information content (AvgIpc) is 2.38. The Morgan fingerprint density at radius 2 is 1.95 bits per heavy atom. The van der Waals surface area contributed by atoms with Crippen molar-refractivity contribution in [3.05, 3.63) is 30.1 Å². The predicted octanol–water partition coefficient (Wildman–Crippen LogP) is 2.12. The second-order valence-corrected chi connectivity index (χ2v) is 3.63. The zero-order valence-corrected chi connectivity index (χ0v) is 10.0. The zero-order chi connectivity index (χ0) is 14.3. The minimum absolute atomic E-state index is 0.209. The fourth-order valence-corrected chi connectivity index (χ4v) is 1.24. The summed E-state index contributed by atoms with van der Waals surface area (Å²) in [6.45, 7) is 0. The summed E-state index contributed by atoms with van der Waals surface area (Å²) in [6.07, 6.45) is 1.60. The minimum atomic E-state index is -0.695. The number of halogens is 1. The first-order valence-corrected chi connectivity index (χ1v) is 5.46. The summed E-state index contributed by atoms with van der Waals surface area (Å²) in [6, 6.07) is 5.53. The Bertz CT molecular complexity index is 553.